The molecule has 6 heteroatoms. The smallest absolute Gasteiger partial charge is 0.338 e. The van der Waals surface area contributed by atoms with Gasteiger partial charge < -0.3 is 19.1 Å². The van der Waals surface area contributed by atoms with Crippen LogP contribution in [0.4, 0.5) is 0 Å². The molecule has 1 aliphatic heterocycles. The van der Waals surface area contributed by atoms with Crippen molar-refractivity contribution in [1.82, 2.24) is 4.90 Å². The second-order valence-electron chi connectivity index (χ2n) is 4.53. The van der Waals surface area contributed by atoms with E-state index in [2.05, 4.69) is 0 Å². The van der Waals surface area contributed by atoms with Gasteiger partial charge in [0.05, 0.1) is 25.4 Å². The first-order valence-electron chi connectivity index (χ1n) is 6.96. The van der Waals surface area contributed by atoms with Crippen LogP contribution in [0.3, 0.4) is 0 Å². The van der Waals surface area contributed by atoms with Crippen LogP contribution in [0, 0.1) is 0 Å². The standard InChI is InChI=1S/C15H19NO5/c1-2-20-15(18)12-4-3-5-13(10-12)21-11-14(17)16-6-8-19-9-7-16/h3-5,10H,2,6-9,11H2,1H3. The largest absolute Gasteiger partial charge is 0.484 e. The molecule has 1 fully saturated rings. The van der Waals surface area contributed by atoms with Crippen LogP contribution in [0.1, 0.15) is 17.3 Å². The fourth-order valence-electron chi connectivity index (χ4n) is 1.98. The monoisotopic (exact) mass is 293 g/mol. The van der Waals surface area contributed by atoms with E-state index < -0.39 is 5.97 Å². The summed E-state index contributed by atoms with van der Waals surface area (Å²) >= 11 is 0. The van der Waals surface area contributed by atoms with Crippen molar-refractivity contribution in [2.75, 3.05) is 39.5 Å². The average molecular weight is 293 g/mol. The minimum atomic E-state index is -0.401. The van der Waals surface area contributed by atoms with Crippen molar-refractivity contribution < 1.29 is 23.8 Å². The van der Waals surface area contributed by atoms with Gasteiger partial charge in [-0.25, -0.2) is 4.79 Å². The molecule has 1 aliphatic rings. The third kappa shape index (κ3) is 4.46. The Morgan fingerprint density at radius 3 is 2.76 bits per heavy atom. The number of amides is 1. The molecule has 0 aromatic heterocycles. The van der Waals surface area contributed by atoms with E-state index in [1.165, 1.54) is 0 Å². The quantitative estimate of drug-likeness (QED) is 0.761. The minimum absolute atomic E-state index is 0.0493. The summed E-state index contributed by atoms with van der Waals surface area (Å²) in [5, 5.41) is 0. The first kappa shape index (κ1) is 15.3. The Morgan fingerprint density at radius 2 is 2.05 bits per heavy atom. The van der Waals surface area contributed by atoms with Crippen molar-refractivity contribution in [3.63, 3.8) is 0 Å². The lowest BCUT2D eigenvalue weighted by atomic mass is 10.2. The maximum Gasteiger partial charge on any atom is 0.338 e. The van der Waals surface area contributed by atoms with Gasteiger partial charge in [-0.2, -0.15) is 0 Å². The number of hydrogen-bond donors (Lipinski definition) is 0. The maximum atomic E-state index is 11.9. The average Bonchev–Trinajstić information content (AvgIpc) is 2.54. The molecule has 1 aromatic rings. The number of rotatable bonds is 5. The summed E-state index contributed by atoms with van der Waals surface area (Å²) in [5.74, 6) is -0.00976. The van der Waals surface area contributed by atoms with Crippen LogP contribution < -0.4 is 4.74 Å². The third-order valence-electron chi connectivity index (χ3n) is 3.07. The van der Waals surface area contributed by atoms with E-state index in [0.717, 1.165) is 0 Å². The van der Waals surface area contributed by atoms with Crippen molar-refractivity contribution in [3.05, 3.63) is 29.8 Å². The van der Waals surface area contributed by atoms with Gasteiger partial charge in [0.15, 0.2) is 6.61 Å². The zero-order chi connectivity index (χ0) is 15.1. The molecule has 0 unspecified atom stereocenters. The number of esters is 1. The Hall–Kier alpha value is -2.08. The Kier molecular flexibility index (Phi) is 5.57. The molecule has 0 saturated carbocycles. The molecule has 1 heterocycles. The Labute approximate surface area is 123 Å². The number of carbonyl (C=O) groups is 2. The predicted octanol–water partition coefficient (Wildman–Crippen LogP) is 1.10. The van der Waals surface area contributed by atoms with Gasteiger partial charge in [-0.15, -0.1) is 0 Å². The first-order chi connectivity index (χ1) is 10.2. The van der Waals surface area contributed by atoms with Gasteiger partial charge in [0.25, 0.3) is 5.91 Å². The summed E-state index contributed by atoms with van der Waals surface area (Å²) in [4.78, 5) is 25.3. The summed E-state index contributed by atoms with van der Waals surface area (Å²) < 4.78 is 15.6. The van der Waals surface area contributed by atoms with Crippen LogP contribution in [0.5, 0.6) is 5.75 Å². The molecule has 2 rings (SSSR count). The molecule has 0 spiro atoms. The molecular formula is C15H19NO5. The second kappa shape index (κ2) is 7.64. The molecule has 114 valence electrons. The van der Waals surface area contributed by atoms with Crippen LogP contribution >= 0.6 is 0 Å². The summed E-state index contributed by atoms with van der Waals surface area (Å²) in [5.41, 5.74) is 0.410. The lowest BCUT2D eigenvalue weighted by molar-refractivity contribution is -0.137. The summed E-state index contributed by atoms with van der Waals surface area (Å²) in [6.45, 7) is 4.31. The molecule has 1 amide bonds. The minimum Gasteiger partial charge on any atom is -0.484 e. The molecule has 0 bridgehead atoms. The van der Waals surface area contributed by atoms with Crippen molar-refractivity contribution in [2.45, 2.75) is 6.92 Å². The molecule has 1 aromatic carbocycles. The van der Waals surface area contributed by atoms with Crippen molar-refractivity contribution in [2.24, 2.45) is 0 Å². The van der Waals surface area contributed by atoms with E-state index >= 15 is 0 Å². The highest BCUT2D eigenvalue weighted by molar-refractivity contribution is 5.89. The number of ether oxygens (including phenoxy) is 3. The van der Waals surface area contributed by atoms with Crippen molar-refractivity contribution in [1.29, 1.82) is 0 Å². The van der Waals surface area contributed by atoms with Gasteiger partial charge in [0, 0.05) is 13.1 Å². The number of hydrogen-bond acceptors (Lipinski definition) is 5. The van der Waals surface area contributed by atoms with E-state index in [1.54, 1.807) is 36.1 Å². The summed E-state index contributed by atoms with van der Waals surface area (Å²) in [6, 6.07) is 6.62. The highest BCUT2D eigenvalue weighted by Gasteiger charge is 2.17. The van der Waals surface area contributed by atoms with Crippen LogP contribution in [-0.2, 0) is 14.3 Å². The van der Waals surface area contributed by atoms with E-state index in [4.69, 9.17) is 14.2 Å². The SMILES string of the molecule is CCOC(=O)c1cccc(OCC(=O)N2CCOCC2)c1. The fourth-order valence-corrected chi connectivity index (χ4v) is 1.98. The molecule has 6 nitrogen and oxygen atoms in total. The number of carbonyl (C=O) groups excluding carboxylic acids is 2. The van der Waals surface area contributed by atoms with Crippen LogP contribution in [0.25, 0.3) is 0 Å². The highest BCUT2D eigenvalue weighted by Crippen LogP contribution is 2.14. The molecule has 0 N–H and O–H groups in total. The number of nitrogens with zero attached hydrogens (tertiary/aromatic N) is 1. The third-order valence-corrected chi connectivity index (χ3v) is 3.07. The molecule has 0 aliphatic carbocycles. The van der Waals surface area contributed by atoms with Crippen LogP contribution in [0.2, 0.25) is 0 Å². The fraction of sp³-hybridized carbons (Fsp3) is 0.467. The van der Waals surface area contributed by atoms with Crippen LogP contribution in [0.15, 0.2) is 24.3 Å². The van der Waals surface area contributed by atoms with E-state index in [-0.39, 0.29) is 12.5 Å². The van der Waals surface area contributed by atoms with Gasteiger partial charge >= 0.3 is 5.97 Å². The first-order valence-corrected chi connectivity index (χ1v) is 6.96. The van der Waals surface area contributed by atoms with Crippen molar-refractivity contribution >= 4 is 11.9 Å². The predicted molar refractivity (Wildman–Crippen MR) is 75.3 cm³/mol. The summed E-state index contributed by atoms with van der Waals surface area (Å²) in [6.07, 6.45) is 0. The van der Waals surface area contributed by atoms with Gasteiger partial charge in [-0.3, -0.25) is 4.79 Å². The Morgan fingerprint density at radius 1 is 1.29 bits per heavy atom. The Bertz CT molecular complexity index is 497. The number of benzene rings is 1. The van der Waals surface area contributed by atoms with E-state index in [0.29, 0.717) is 44.2 Å². The van der Waals surface area contributed by atoms with Gasteiger partial charge in [-0.1, -0.05) is 6.07 Å². The summed E-state index contributed by atoms with van der Waals surface area (Å²) in [7, 11) is 0. The maximum absolute atomic E-state index is 11.9. The lowest BCUT2D eigenvalue weighted by Crippen LogP contribution is -2.42. The number of morpholine rings is 1. The normalized spacial score (nSPS) is 14.6. The second-order valence-corrected chi connectivity index (χ2v) is 4.53. The van der Waals surface area contributed by atoms with E-state index in [1.807, 2.05) is 0 Å². The topological polar surface area (TPSA) is 65.1 Å². The molecule has 1 saturated heterocycles. The van der Waals surface area contributed by atoms with Gasteiger partial charge in [-0.05, 0) is 25.1 Å². The zero-order valence-electron chi connectivity index (χ0n) is 12.0. The highest BCUT2D eigenvalue weighted by atomic mass is 16.5. The van der Waals surface area contributed by atoms with Gasteiger partial charge in [0.2, 0.25) is 0 Å². The zero-order valence-corrected chi connectivity index (χ0v) is 12.0. The lowest BCUT2D eigenvalue weighted by Gasteiger charge is -2.26. The van der Waals surface area contributed by atoms with Gasteiger partial charge in [0.1, 0.15) is 5.75 Å². The Balaban J connectivity index is 1.89. The van der Waals surface area contributed by atoms with E-state index in [9.17, 15) is 9.59 Å². The molecular weight excluding hydrogens is 274 g/mol. The van der Waals surface area contributed by atoms with Crippen molar-refractivity contribution in [3.8, 4) is 5.75 Å². The van der Waals surface area contributed by atoms with Crippen LogP contribution in [-0.4, -0.2) is 56.3 Å². The molecule has 0 atom stereocenters. The molecule has 21 heavy (non-hydrogen) atoms. The molecule has 0 radical (unpaired) electrons.